The molecule has 0 saturated heterocycles. The molecule has 0 amide bonds. The number of rotatable bonds is 5. The SMILES string of the molecule is c1ccc2c(c1)oc1cccc(-c3ccc(N(c4ccc(-c5cccc6oc7ccccc7c56)cc4)c4ccc5c6ccccc6c6ccccc6c5c4)cc3)c12. The molecule has 266 valence electrons. The monoisotopic (exact) mass is 727 g/mol. The van der Waals surface area contributed by atoms with Crippen LogP contribution in [0.25, 0.3) is 98.4 Å². The van der Waals surface area contributed by atoms with Gasteiger partial charge >= 0.3 is 0 Å². The molecular formula is C54H33NO2. The third-order valence-electron chi connectivity index (χ3n) is 11.7. The van der Waals surface area contributed by atoms with Crippen LogP contribution < -0.4 is 4.90 Å². The lowest BCUT2D eigenvalue weighted by Gasteiger charge is -2.27. The fourth-order valence-electron chi connectivity index (χ4n) is 9.09. The minimum Gasteiger partial charge on any atom is -0.456 e. The minimum atomic E-state index is 0.898. The number of benzene rings is 10. The van der Waals surface area contributed by atoms with Gasteiger partial charge in [0.05, 0.1) is 0 Å². The molecular weight excluding hydrogens is 695 g/mol. The van der Waals surface area contributed by atoms with E-state index >= 15 is 0 Å². The predicted octanol–water partition coefficient (Wildman–Crippen LogP) is 15.7. The molecule has 12 rings (SSSR count). The van der Waals surface area contributed by atoms with Crippen LogP contribution in [0.15, 0.2) is 209 Å². The third kappa shape index (κ3) is 4.92. The fourth-order valence-corrected chi connectivity index (χ4v) is 9.09. The summed E-state index contributed by atoms with van der Waals surface area (Å²) in [6.07, 6.45) is 0. The molecule has 0 spiro atoms. The van der Waals surface area contributed by atoms with Gasteiger partial charge in [-0.15, -0.1) is 0 Å². The lowest BCUT2D eigenvalue weighted by molar-refractivity contribution is 0.668. The molecule has 0 atom stereocenters. The molecule has 3 nitrogen and oxygen atoms in total. The van der Waals surface area contributed by atoms with Crippen LogP contribution in [0.4, 0.5) is 17.1 Å². The molecule has 0 aliphatic carbocycles. The first kappa shape index (κ1) is 31.7. The first-order valence-electron chi connectivity index (χ1n) is 19.4. The average Bonchev–Trinajstić information content (AvgIpc) is 3.86. The highest BCUT2D eigenvalue weighted by Crippen LogP contribution is 2.44. The second-order valence-corrected chi connectivity index (χ2v) is 14.8. The van der Waals surface area contributed by atoms with Gasteiger partial charge in [0, 0.05) is 38.6 Å². The maximum Gasteiger partial charge on any atom is 0.136 e. The largest absolute Gasteiger partial charge is 0.456 e. The molecule has 0 aliphatic heterocycles. The third-order valence-corrected chi connectivity index (χ3v) is 11.7. The smallest absolute Gasteiger partial charge is 0.136 e. The second-order valence-electron chi connectivity index (χ2n) is 14.8. The van der Waals surface area contributed by atoms with Crippen LogP contribution in [0.1, 0.15) is 0 Å². The van der Waals surface area contributed by atoms with E-state index in [0.717, 1.165) is 83.2 Å². The lowest BCUT2D eigenvalue weighted by Crippen LogP contribution is -2.10. The van der Waals surface area contributed by atoms with Gasteiger partial charge in [0.1, 0.15) is 22.3 Å². The Bertz CT molecular complexity index is 3330. The van der Waals surface area contributed by atoms with Gasteiger partial charge in [0.25, 0.3) is 0 Å². The molecule has 12 aromatic rings. The van der Waals surface area contributed by atoms with E-state index in [9.17, 15) is 0 Å². The van der Waals surface area contributed by atoms with Crippen molar-refractivity contribution >= 4 is 93.3 Å². The van der Waals surface area contributed by atoms with Crippen LogP contribution in [0, 0.1) is 0 Å². The van der Waals surface area contributed by atoms with Crippen molar-refractivity contribution in [2.75, 3.05) is 4.90 Å². The van der Waals surface area contributed by atoms with Crippen molar-refractivity contribution in [3.63, 3.8) is 0 Å². The molecule has 2 heterocycles. The number of hydrogen-bond acceptors (Lipinski definition) is 3. The van der Waals surface area contributed by atoms with E-state index in [1.165, 1.54) is 32.3 Å². The van der Waals surface area contributed by atoms with Crippen LogP contribution in [0.5, 0.6) is 0 Å². The van der Waals surface area contributed by atoms with E-state index in [4.69, 9.17) is 8.83 Å². The summed E-state index contributed by atoms with van der Waals surface area (Å²) in [6.45, 7) is 0. The zero-order valence-corrected chi connectivity index (χ0v) is 30.8. The van der Waals surface area contributed by atoms with Crippen LogP contribution in [-0.2, 0) is 0 Å². The van der Waals surface area contributed by atoms with Crippen LogP contribution >= 0.6 is 0 Å². The molecule has 3 heteroatoms. The quantitative estimate of drug-likeness (QED) is 0.165. The summed E-state index contributed by atoms with van der Waals surface area (Å²) in [5, 5.41) is 12.1. The Labute approximate surface area is 328 Å². The Balaban J connectivity index is 1.03. The highest BCUT2D eigenvalue weighted by atomic mass is 16.3. The molecule has 10 aromatic carbocycles. The molecule has 57 heavy (non-hydrogen) atoms. The summed E-state index contributed by atoms with van der Waals surface area (Å²) >= 11 is 0. The first-order chi connectivity index (χ1) is 28.3. The van der Waals surface area contributed by atoms with Crippen LogP contribution in [0.3, 0.4) is 0 Å². The van der Waals surface area contributed by atoms with Crippen molar-refractivity contribution in [2.45, 2.75) is 0 Å². The highest BCUT2D eigenvalue weighted by Gasteiger charge is 2.19. The Morgan fingerprint density at radius 1 is 0.263 bits per heavy atom. The molecule has 0 radical (unpaired) electrons. The Morgan fingerprint density at radius 2 is 0.632 bits per heavy atom. The van der Waals surface area contributed by atoms with Gasteiger partial charge in [-0.25, -0.2) is 0 Å². The first-order valence-corrected chi connectivity index (χ1v) is 19.4. The Kier molecular flexibility index (Phi) is 6.93. The van der Waals surface area contributed by atoms with E-state index < -0.39 is 0 Å². The average molecular weight is 728 g/mol. The van der Waals surface area contributed by atoms with Gasteiger partial charge in [0.15, 0.2) is 0 Å². The van der Waals surface area contributed by atoms with Crippen molar-refractivity contribution < 1.29 is 8.83 Å². The zero-order chi connectivity index (χ0) is 37.5. The molecule has 2 aromatic heterocycles. The topological polar surface area (TPSA) is 29.5 Å². The predicted molar refractivity (Wildman–Crippen MR) is 239 cm³/mol. The van der Waals surface area contributed by atoms with Gasteiger partial charge in [-0.1, -0.05) is 140 Å². The van der Waals surface area contributed by atoms with Gasteiger partial charge in [0.2, 0.25) is 0 Å². The normalized spacial score (nSPS) is 11.9. The van der Waals surface area contributed by atoms with Crippen molar-refractivity contribution in [3.05, 3.63) is 200 Å². The van der Waals surface area contributed by atoms with Crippen molar-refractivity contribution in [3.8, 4) is 22.3 Å². The summed E-state index contributed by atoms with van der Waals surface area (Å²) in [7, 11) is 0. The van der Waals surface area contributed by atoms with Crippen LogP contribution in [0.2, 0.25) is 0 Å². The summed E-state index contributed by atoms with van der Waals surface area (Å²) in [4.78, 5) is 2.37. The number of fused-ring (bicyclic) bond motifs is 12. The van der Waals surface area contributed by atoms with Gasteiger partial charge in [-0.2, -0.15) is 0 Å². The van der Waals surface area contributed by atoms with Gasteiger partial charge < -0.3 is 13.7 Å². The number of anilines is 3. The van der Waals surface area contributed by atoms with Crippen molar-refractivity contribution in [1.82, 2.24) is 0 Å². The Hall–Kier alpha value is -7.62. The summed E-state index contributed by atoms with van der Waals surface area (Å²) < 4.78 is 12.5. The van der Waals surface area contributed by atoms with E-state index in [2.05, 4.69) is 181 Å². The molecule has 0 unspecified atom stereocenters. The summed E-state index contributed by atoms with van der Waals surface area (Å²) in [5.74, 6) is 0. The molecule has 0 aliphatic rings. The van der Waals surface area contributed by atoms with E-state index in [0.29, 0.717) is 0 Å². The van der Waals surface area contributed by atoms with Crippen molar-refractivity contribution in [1.29, 1.82) is 0 Å². The fraction of sp³-hybridized carbons (Fsp3) is 0. The number of nitrogens with zero attached hydrogens (tertiary/aromatic N) is 1. The van der Waals surface area contributed by atoms with E-state index in [1.807, 2.05) is 24.3 Å². The maximum atomic E-state index is 6.25. The van der Waals surface area contributed by atoms with Crippen molar-refractivity contribution in [2.24, 2.45) is 0 Å². The number of furan rings is 2. The number of hydrogen-bond donors (Lipinski definition) is 0. The van der Waals surface area contributed by atoms with E-state index in [1.54, 1.807) is 0 Å². The number of para-hydroxylation sites is 2. The maximum absolute atomic E-state index is 6.25. The van der Waals surface area contributed by atoms with Gasteiger partial charge in [-0.3, -0.25) is 0 Å². The zero-order valence-electron chi connectivity index (χ0n) is 30.8. The second kappa shape index (κ2) is 12.5. The lowest BCUT2D eigenvalue weighted by atomic mass is 9.94. The Morgan fingerprint density at radius 3 is 1.11 bits per heavy atom. The molecule has 0 fully saturated rings. The molecule has 0 N–H and O–H groups in total. The highest BCUT2D eigenvalue weighted by molar-refractivity contribution is 6.26. The summed E-state index contributed by atoms with van der Waals surface area (Å²) in [5.41, 5.74) is 11.4. The van der Waals surface area contributed by atoms with Gasteiger partial charge in [-0.05, 0) is 115 Å². The minimum absolute atomic E-state index is 0.898. The summed E-state index contributed by atoms with van der Waals surface area (Å²) in [6, 6.07) is 71.6. The van der Waals surface area contributed by atoms with Crippen LogP contribution in [-0.4, -0.2) is 0 Å². The molecule has 0 saturated carbocycles. The molecule has 0 bridgehead atoms. The standard InChI is InChI=1S/C54H33NO2/c1-2-13-43-41(11-1)42-12-3-4-14-44(42)48-33-38(31-32-45(43)48)55(36-27-23-34(24-28-36)39-17-9-21-51-53(39)46-15-5-7-19-49(46)56-51)37-29-25-35(26-30-37)40-18-10-22-52-54(40)47-16-6-8-20-50(47)57-52/h1-33H. The van der Waals surface area contributed by atoms with E-state index in [-0.39, 0.29) is 0 Å².